The molecule has 0 aromatic carbocycles. The summed E-state index contributed by atoms with van der Waals surface area (Å²) in [5, 5.41) is 6.49. The van der Waals surface area contributed by atoms with Gasteiger partial charge in [0, 0.05) is 26.3 Å². The van der Waals surface area contributed by atoms with Crippen LogP contribution in [-0.4, -0.2) is 36.3 Å². The highest BCUT2D eigenvalue weighted by molar-refractivity contribution is 5.47. The Morgan fingerprint density at radius 1 is 1.29 bits per heavy atom. The van der Waals surface area contributed by atoms with E-state index in [-0.39, 0.29) is 6.10 Å². The lowest BCUT2D eigenvalue weighted by atomic mass is 10.4. The molecule has 1 atom stereocenters. The molecule has 1 aromatic heterocycles. The second-order valence-electron chi connectivity index (χ2n) is 4.04. The number of rotatable bonds is 7. The molecule has 17 heavy (non-hydrogen) atoms. The van der Waals surface area contributed by atoms with Gasteiger partial charge in [0.2, 0.25) is 0 Å². The predicted molar refractivity (Wildman–Crippen MR) is 70.5 cm³/mol. The number of nitrogens with zero attached hydrogens (tertiary/aromatic N) is 2. The lowest BCUT2D eigenvalue weighted by molar-refractivity contribution is 0.128. The van der Waals surface area contributed by atoms with Gasteiger partial charge in [-0.05, 0) is 20.3 Å². The zero-order chi connectivity index (χ0) is 12.7. The van der Waals surface area contributed by atoms with Crippen LogP contribution in [0, 0.1) is 6.92 Å². The van der Waals surface area contributed by atoms with Crippen LogP contribution in [0.25, 0.3) is 0 Å². The molecule has 0 fully saturated rings. The van der Waals surface area contributed by atoms with Crippen LogP contribution in [0.2, 0.25) is 0 Å². The quantitative estimate of drug-likeness (QED) is 0.761. The topological polar surface area (TPSA) is 59.1 Å². The van der Waals surface area contributed by atoms with E-state index in [0.717, 1.165) is 37.0 Å². The van der Waals surface area contributed by atoms with E-state index in [1.54, 1.807) is 7.11 Å². The Morgan fingerprint density at radius 2 is 1.94 bits per heavy atom. The molecule has 96 valence electrons. The van der Waals surface area contributed by atoms with E-state index in [4.69, 9.17) is 4.74 Å². The van der Waals surface area contributed by atoms with Gasteiger partial charge < -0.3 is 15.4 Å². The molecule has 5 heteroatoms. The SMILES string of the molecule is CCCNc1cc(NCC(C)OC)nc(C)n1. The number of anilines is 2. The fourth-order valence-electron chi connectivity index (χ4n) is 1.33. The van der Waals surface area contributed by atoms with Crippen LogP contribution in [0.5, 0.6) is 0 Å². The third-order valence-electron chi connectivity index (χ3n) is 2.37. The number of aryl methyl sites for hydroxylation is 1. The first-order valence-electron chi connectivity index (χ1n) is 6.02. The molecule has 1 aromatic rings. The molecule has 5 nitrogen and oxygen atoms in total. The molecule has 0 bridgehead atoms. The zero-order valence-corrected chi connectivity index (χ0v) is 11.1. The predicted octanol–water partition coefficient (Wildman–Crippen LogP) is 2.05. The third kappa shape index (κ3) is 4.99. The van der Waals surface area contributed by atoms with Crippen molar-refractivity contribution in [1.82, 2.24) is 9.97 Å². The molecule has 2 N–H and O–H groups in total. The van der Waals surface area contributed by atoms with Crippen molar-refractivity contribution < 1.29 is 4.74 Å². The summed E-state index contributed by atoms with van der Waals surface area (Å²) in [6.45, 7) is 7.68. The van der Waals surface area contributed by atoms with Crippen molar-refractivity contribution in [1.29, 1.82) is 0 Å². The van der Waals surface area contributed by atoms with Gasteiger partial charge in [-0.1, -0.05) is 6.92 Å². The van der Waals surface area contributed by atoms with Crippen molar-refractivity contribution >= 4 is 11.6 Å². The highest BCUT2D eigenvalue weighted by atomic mass is 16.5. The van der Waals surface area contributed by atoms with Gasteiger partial charge in [0.1, 0.15) is 17.5 Å². The van der Waals surface area contributed by atoms with Crippen LogP contribution in [-0.2, 0) is 4.74 Å². The summed E-state index contributed by atoms with van der Waals surface area (Å²) in [5.41, 5.74) is 0. The fraction of sp³-hybridized carbons (Fsp3) is 0.667. The average Bonchev–Trinajstić information content (AvgIpc) is 2.32. The summed E-state index contributed by atoms with van der Waals surface area (Å²) in [7, 11) is 1.70. The summed E-state index contributed by atoms with van der Waals surface area (Å²) in [5.74, 6) is 2.46. The van der Waals surface area contributed by atoms with Crippen LogP contribution in [0.4, 0.5) is 11.6 Å². The number of hydrogen-bond acceptors (Lipinski definition) is 5. The third-order valence-corrected chi connectivity index (χ3v) is 2.37. The molecule has 0 radical (unpaired) electrons. The summed E-state index contributed by atoms with van der Waals surface area (Å²) in [6, 6.07) is 1.92. The average molecular weight is 238 g/mol. The van der Waals surface area contributed by atoms with Gasteiger partial charge in [0.15, 0.2) is 0 Å². The molecular weight excluding hydrogens is 216 g/mol. The van der Waals surface area contributed by atoms with Crippen molar-refractivity contribution in [2.75, 3.05) is 30.8 Å². The van der Waals surface area contributed by atoms with Crippen molar-refractivity contribution in [3.63, 3.8) is 0 Å². The van der Waals surface area contributed by atoms with Gasteiger partial charge in [-0.2, -0.15) is 0 Å². The summed E-state index contributed by atoms with van der Waals surface area (Å²) < 4.78 is 5.18. The highest BCUT2D eigenvalue weighted by Gasteiger charge is 2.03. The maximum atomic E-state index is 5.18. The van der Waals surface area contributed by atoms with E-state index < -0.39 is 0 Å². The number of hydrogen-bond donors (Lipinski definition) is 2. The summed E-state index contributed by atoms with van der Waals surface area (Å²) >= 11 is 0. The monoisotopic (exact) mass is 238 g/mol. The Bertz CT molecular complexity index is 343. The van der Waals surface area contributed by atoms with Gasteiger partial charge in [-0.25, -0.2) is 9.97 Å². The van der Waals surface area contributed by atoms with Crippen molar-refractivity contribution in [3.8, 4) is 0 Å². The summed E-state index contributed by atoms with van der Waals surface area (Å²) in [4.78, 5) is 8.66. The maximum Gasteiger partial charge on any atom is 0.131 e. The van der Waals surface area contributed by atoms with Crippen LogP contribution in [0.15, 0.2) is 6.07 Å². The van der Waals surface area contributed by atoms with Crippen LogP contribution in [0.1, 0.15) is 26.1 Å². The lowest BCUT2D eigenvalue weighted by Gasteiger charge is -2.12. The molecule has 0 amide bonds. The fourth-order valence-corrected chi connectivity index (χ4v) is 1.33. The molecule has 0 aliphatic rings. The van der Waals surface area contributed by atoms with Gasteiger partial charge in [0.05, 0.1) is 6.10 Å². The van der Waals surface area contributed by atoms with Crippen LogP contribution < -0.4 is 10.6 Å². The number of nitrogens with one attached hydrogen (secondary N) is 2. The normalized spacial score (nSPS) is 12.2. The molecule has 0 aliphatic heterocycles. The van der Waals surface area contributed by atoms with E-state index in [0.29, 0.717) is 0 Å². The van der Waals surface area contributed by atoms with Gasteiger partial charge >= 0.3 is 0 Å². The minimum atomic E-state index is 0.164. The van der Waals surface area contributed by atoms with E-state index in [2.05, 4.69) is 27.5 Å². The Balaban J connectivity index is 2.61. The second-order valence-corrected chi connectivity index (χ2v) is 4.04. The number of aromatic nitrogens is 2. The minimum absolute atomic E-state index is 0.164. The Morgan fingerprint density at radius 3 is 2.53 bits per heavy atom. The van der Waals surface area contributed by atoms with Crippen molar-refractivity contribution in [2.45, 2.75) is 33.3 Å². The first kappa shape index (κ1) is 13.7. The van der Waals surface area contributed by atoms with E-state index in [9.17, 15) is 0 Å². The smallest absolute Gasteiger partial charge is 0.131 e. The van der Waals surface area contributed by atoms with E-state index in [1.807, 2.05) is 19.9 Å². The van der Waals surface area contributed by atoms with Gasteiger partial charge in [-0.3, -0.25) is 0 Å². The molecule has 0 aliphatic carbocycles. The minimum Gasteiger partial charge on any atom is -0.380 e. The largest absolute Gasteiger partial charge is 0.380 e. The highest BCUT2D eigenvalue weighted by Crippen LogP contribution is 2.11. The molecular formula is C12H22N4O. The van der Waals surface area contributed by atoms with Gasteiger partial charge in [-0.15, -0.1) is 0 Å². The zero-order valence-electron chi connectivity index (χ0n) is 11.1. The Kier molecular flexibility index (Phi) is 5.69. The standard InChI is InChI=1S/C12H22N4O/c1-5-6-13-11-7-12(16-10(3)15-11)14-8-9(2)17-4/h7,9H,5-6,8H2,1-4H3,(H2,13,14,15,16). The van der Waals surface area contributed by atoms with Gasteiger partial charge in [0.25, 0.3) is 0 Å². The summed E-state index contributed by atoms with van der Waals surface area (Å²) in [6.07, 6.45) is 1.24. The van der Waals surface area contributed by atoms with Crippen LogP contribution >= 0.6 is 0 Å². The molecule has 0 saturated heterocycles. The van der Waals surface area contributed by atoms with Crippen LogP contribution in [0.3, 0.4) is 0 Å². The first-order chi connectivity index (χ1) is 8.15. The first-order valence-corrected chi connectivity index (χ1v) is 6.02. The second kappa shape index (κ2) is 7.06. The van der Waals surface area contributed by atoms with E-state index >= 15 is 0 Å². The Labute approximate surface area is 103 Å². The van der Waals surface area contributed by atoms with E-state index in [1.165, 1.54) is 0 Å². The molecule has 0 saturated carbocycles. The molecule has 0 spiro atoms. The molecule has 1 rings (SSSR count). The van der Waals surface area contributed by atoms with Crippen molar-refractivity contribution in [2.24, 2.45) is 0 Å². The number of methoxy groups -OCH3 is 1. The maximum absolute atomic E-state index is 5.18. The van der Waals surface area contributed by atoms with Crippen molar-refractivity contribution in [3.05, 3.63) is 11.9 Å². The number of ether oxygens (including phenoxy) is 1. The molecule has 1 heterocycles. The molecule has 1 unspecified atom stereocenters. The Hall–Kier alpha value is -1.36. The lowest BCUT2D eigenvalue weighted by Crippen LogP contribution is -2.19.